The molecule has 0 saturated heterocycles. The number of carbonyl (C=O) groups is 5. The minimum atomic E-state index is -1.26. The molecule has 5 amide bonds. The Labute approximate surface area is 786 Å². The number of hydroxylamine groups is 5. The molecular weight excluding hydrogens is 1920 g/mol. The molecule has 0 aromatic heterocycles. The summed E-state index contributed by atoms with van der Waals surface area (Å²) in [4.78, 5) is 64.9. The van der Waals surface area contributed by atoms with Gasteiger partial charge in [0.2, 0.25) is 36.9 Å². The molecule has 0 atom stereocenters. The van der Waals surface area contributed by atoms with Crippen LogP contribution in [0.15, 0.2) is 133 Å². The highest BCUT2D eigenvalue weighted by Crippen LogP contribution is 2.45. The number of phenols is 4. The van der Waals surface area contributed by atoms with Crippen molar-refractivity contribution in [3.8, 4) is 69.0 Å². The molecule has 732 valence electrons. The van der Waals surface area contributed by atoms with E-state index >= 15 is 0 Å². The molecule has 0 saturated carbocycles. The molecule has 0 radical (unpaired) electrons. The van der Waals surface area contributed by atoms with E-state index in [9.17, 15) is 86.9 Å². The number of ether oxygens (including phenoxy) is 8. The number of benzene rings is 10. The lowest BCUT2D eigenvalue weighted by atomic mass is 10.1. The maximum atomic E-state index is 14.7. The first-order chi connectivity index (χ1) is 64.7. The Morgan fingerprint density at radius 1 is 0.316 bits per heavy atom. The zero-order valence-electron chi connectivity index (χ0n) is 71.8. The number of nitrogens with one attached hydrogen (secondary N) is 5. The standard InChI is InChI=1S/C20H22N2O8.C19H20Cl2F2N2O4.C17H16Cl2F2N2O2.2C16H14F4N2O4/c1-25-14-3-12(5-16-19(14)29-10-27-16)7-22(9-18(23)21-24)8-13-4-15(26-2)20-17(6-13)28-11-30-20;1-28-18-13(20)5-3-11(16(18)22)9-25(8-7-15(26)24-27)10-12-4-6-14(21)19(29-2)17(12)23;18-13-3-1-11(15(20)7-13)9-23(6-5-17(24)22-25)10-12-2-4-14(19)8-16(12)21;17-10-1-8(2-11(18)15(10)24)5-22(7-14(23)21-26)6-9-3-12(19)16(25)13(20)4-9;17-10-3-1-8(13(19)15(10)24)5-22(7-12(23)21-26)6-9-2-4-11(18)16(25)14(9)20/h3-6,24H,7-11H2,1-2H3,(H,21,23);3-6,27H,7-10H2,1-2H3,(H,24,26);1-4,7-8,25H,5-6,9-10H2,(H,22,24);2*1-4,24-26H,5-7H2,(H,21,23). The minimum absolute atomic E-state index is 0.0269. The van der Waals surface area contributed by atoms with Crippen LogP contribution in [0.3, 0.4) is 0 Å². The Hall–Kier alpha value is -12.9. The monoisotopic (exact) mass is 2000 g/mol. The van der Waals surface area contributed by atoms with E-state index in [4.69, 9.17) is 121 Å². The maximum absolute atomic E-state index is 14.7. The number of hydrogen-bond donors (Lipinski definition) is 14. The summed E-state index contributed by atoms with van der Waals surface area (Å²) < 4.78 is 208. The third kappa shape index (κ3) is 31.1. The first-order valence-electron chi connectivity index (χ1n) is 39.5. The van der Waals surface area contributed by atoms with E-state index in [2.05, 4.69) is 0 Å². The summed E-state index contributed by atoms with van der Waals surface area (Å²) in [7, 11) is 5.70. The number of halogens is 16. The topological polar surface area (TPSA) is 418 Å². The van der Waals surface area contributed by atoms with Gasteiger partial charge in [0.25, 0.3) is 17.7 Å². The van der Waals surface area contributed by atoms with E-state index < -0.39 is 135 Å². The van der Waals surface area contributed by atoms with Gasteiger partial charge in [0.15, 0.2) is 116 Å². The summed E-state index contributed by atoms with van der Waals surface area (Å²) >= 11 is 23.3. The third-order valence-electron chi connectivity index (χ3n) is 19.6. The Morgan fingerprint density at radius 3 is 0.912 bits per heavy atom. The molecule has 2 aliphatic heterocycles. The van der Waals surface area contributed by atoms with E-state index in [1.165, 1.54) is 89.6 Å². The quantitative estimate of drug-likeness (QED) is 0.00985. The second-order valence-corrected chi connectivity index (χ2v) is 30.9. The summed E-state index contributed by atoms with van der Waals surface area (Å²) in [5.74, 6) is -17.1. The van der Waals surface area contributed by atoms with Crippen LogP contribution >= 0.6 is 46.4 Å². The molecule has 14 N–H and O–H groups in total. The van der Waals surface area contributed by atoms with Crippen LogP contribution < -0.4 is 65.3 Å². The Kier molecular flexibility index (Phi) is 41.6. The van der Waals surface area contributed by atoms with Crippen LogP contribution in [-0.2, 0) is 89.4 Å². The summed E-state index contributed by atoms with van der Waals surface area (Å²) in [5.41, 5.74) is 10.1. The Morgan fingerprint density at radius 2 is 0.603 bits per heavy atom. The van der Waals surface area contributed by atoms with Crippen molar-refractivity contribution in [2.45, 2.75) is 78.3 Å². The van der Waals surface area contributed by atoms with Crippen molar-refractivity contribution in [2.75, 3.05) is 74.7 Å². The first kappa shape index (κ1) is 108. The molecular formula is C88H86Cl4F12N10O22. The highest BCUT2D eigenvalue weighted by Gasteiger charge is 2.29. The van der Waals surface area contributed by atoms with Crippen molar-refractivity contribution in [3.63, 3.8) is 0 Å². The zero-order valence-corrected chi connectivity index (χ0v) is 74.8. The predicted octanol–water partition coefficient (Wildman–Crippen LogP) is 14.3. The molecule has 10 aromatic carbocycles. The third-order valence-corrected chi connectivity index (χ3v) is 20.7. The first-order valence-corrected chi connectivity index (χ1v) is 41.0. The van der Waals surface area contributed by atoms with Crippen LogP contribution in [0.2, 0.25) is 20.1 Å². The van der Waals surface area contributed by atoms with Gasteiger partial charge in [0.1, 0.15) is 11.6 Å². The average Bonchev–Trinajstić information content (AvgIpc) is 1.61. The van der Waals surface area contributed by atoms with Crippen LogP contribution in [0, 0.1) is 69.8 Å². The molecule has 0 spiro atoms. The van der Waals surface area contributed by atoms with Gasteiger partial charge in [-0.25, -0.2) is 80.1 Å². The number of phenolic OH excluding ortho intramolecular Hbond substituents is 4. The number of rotatable bonds is 36. The van der Waals surface area contributed by atoms with Gasteiger partial charge < -0.3 is 58.3 Å². The molecule has 48 heteroatoms. The largest absolute Gasteiger partial charge is 0.503 e. The van der Waals surface area contributed by atoms with Crippen molar-refractivity contribution in [3.05, 3.63) is 279 Å². The number of methoxy groups -OCH3 is 4. The van der Waals surface area contributed by atoms with Gasteiger partial charge in [-0.3, -0.25) is 74.5 Å². The van der Waals surface area contributed by atoms with Gasteiger partial charge in [0, 0.05) is 135 Å². The lowest BCUT2D eigenvalue weighted by Crippen LogP contribution is -2.35. The minimum Gasteiger partial charge on any atom is -0.503 e. The second kappa shape index (κ2) is 52.2. The van der Waals surface area contributed by atoms with Crippen molar-refractivity contribution in [1.82, 2.24) is 51.9 Å². The van der Waals surface area contributed by atoms with Crippen LogP contribution in [0.25, 0.3) is 0 Å². The Bertz CT molecular complexity index is 5540. The zero-order chi connectivity index (χ0) is 99.9. The normalized spacial score (nSPS) is 11.5. The average molecular weight is 2010 g/mol. The molecule has 0 aliphatic carbocycles. The number of fused-ring (bicyclic) bond motifs is 2. The highest BCUT2D eigenvalue weighted by molar-refractivity contribution is 6.32. The number of hydrogen-bond acceptors (Lipinski definition) is 27. The molecule has 2 aliphatic rings. The van der Waals surface area contributed by atoms with Crippen LogP contribution in [0.4, 0.5) is 52.7 Å². The number of amides is 5. The van der Waals surface area contributed by atoms with E-state index in [1.54, 1.807) is 41.6 Å². The maximum Gasteiger partial charge on any atom is 0.257 e. The van der Waals surface area contributed by atoms with Crippen molar-refractivity contribution in [2.24, 2.45) is 0 Å². The fourth-order valence-corrected chi connectivity index (χ4v) is 14.0. The van der Waals surface area contributed by atoms with E-state index in [1.807, 2.05) is 29.2 Å². The van der Waals surface area contributed by atoms with E-state index in [-0.39, 0.29) is 163 Å². The van der Waals surface area contributed by atoms with E-state index in [0.717, 1.165) is 64.6 Å². The number of aromatic hydroxyl groups is 4. The van der Waals surface area contributed by atoms with Gasteiger partial charge in [-0.2, -0.15) is 0 Å². The van der Waals surface area contributed by atoms with Gasteiger partial charge >= 0.3 is 0 Å². The molecule has 0 fully saturated rings. The fraction of sp³-hybridized carbons (Fsp3) is 0.261. The molecule has 0 bridgehead atoms. The molecule has 0 unspecified atom stereocenters. The highest BCUT2D eigenvalue weighted by atomic mass is 35.5. The fourth-order valence-electron chi connectivity index (χ4n) is 13.2. The predicted molar refractivity (Wildman–Crippen MR) is 459 cm³/mol. The molecule has 32 nitrogen and oxygen atoms in total. The van der Waals surface area contributed by atoms with Crippen LogP contribution in [0.5, 0.6) is 69.0 Å². The lowest BCUT2D eigenvalue weighted by Gasteiger charge is -2.23. The van der Waals surface area contributed by atoms with Crippen LogP contribution in [-0.4, -0.2) is 175 Å². The second-order valence-electron chi connectivity index (χ2n) is 29.2. The summed E-state index contributed by atoms with van der Waals surface area (Å²) in [6.45, 7) is -0.622. The molecule has 2 heterocycles. The van der Waals surface area contributed by atoms with Gasteiger partial charge in [-0.1, -0.05) is 82.8 Å². The number of nitrogens with zero attached hydrogens (tertiary/aromatic N) is 5. The molecule has 136 heavy (non-hydrogen) atoms. The summed E-state index contributed by atoms with van der Waals surface area (Å²) in [5, 5.41) is 81.2. The summed E-state index contributed by atoms with van der Waals surface area (Å²) in [6, 6.07) is 28.9. The van der Waals surface area contributed by atoms with Gasteiger partial charge in [-0.05, 0) is 119 Å². The van der Waals surface area contributed by atoms with Gasteiger partial charge in [0.05, 0.1) is 58.1 Å². The Balaban J connectivity index is 0.000000209. The van der Waals surface area contributed by atoms with Crippen LogP contribution in [0.1, 0.15) is 68.5 Å². The van der Waals surface area contributed by atoms with Crippen molar-refractivity contribution in [1.29, 1.82) is 0 Å². The van der Waals surface area contributed by atoms with Crippen molar-refractivity contribution < 1.29 is 161 Å². The molecule has 12 rings (SSSR count). The number of carbonyl (C=O) groups excluding carboxylic acids is 5. The molecule has 10 aromatic rings. The lowest BCUT2D eigenvalue weighted by molar-refractivity contribution is -0.131. The smallest absolute Gasteiger partial charge is 0.257 e. The van der Waals surface area contributed by atoms with Gasteiger partial charge in [-0.15, -0.1) is 0 Å². The summed E-state index contributed by atoms with van der Waals surface area (Å²) in [6.07, 6.45) is -0.115. The van der Waals surface area contributed by atoms with E-state index in [0.29, 0.717) is 58.7 Å². The van der Waals surface area contributed by atoms with Crippen molar-refractivity contribution >= 4 is 75.9 Å². The SMILES string of the molecule is COc1c(Cl)ccc(CN(CCC(=O)NO)Cc2ccc(Cl)c(OC)c2F)c1F.COc1cc(CN(CC(=O)NO)Cc2cc(OC)c3c(c2)OCO3)cc2c1OCO2.O=C(CCN(Cc1ccc(Cl)cc1F)Cc1ccc(Cl)cc1F)NO.O=C(CN(Cc1cc(F)c(O)c(F)c1)Cc1cc(F)c(O)c(F)c1)NO.O=C(CN(Cc1ccc(F)c(O)c1F)Cc1ccc(F)c(O)c1F)NO.